The molecule has 0 aliphatic heterocycles. The van der Waals surface area contributed by atoms with Crippen molar-refractivity contribution >= 4 is 12.1 Å². The first kappa shape index (κ1) is 11.3. The predicted octanol–water partition coefficient (Wildman–Crippen LogP) is 2.36. The van der Waals surface area contributed by atoms with Crippen molar-refractivity contribution in [1.29, 1.82) is 0 Å². The number of hydrogen-bond acceptors (Lipinski definition) is 2. The molecule has 1 unspecified atom stereocenters. The monoisotopic (exact) mass is 170 g/mol. The average Bonchev–Trinajstić information content (AvgIpc) is 2.11. The van der Waals surface area contributed by atoms with Crippen molar-refractivity contribution in [2.75, 3.05) is 0 Å². The number of ketones is 1. The molecule has 12 heavy (non-hydrogen) atoms. The van der Waals surface area contributed by atoms with Crippen LogP contribution in [-0.2, 0) is 9.59 Å². The van der Waals surface area contributed by atoms with Crippen LogP contribution in [0.15, 0.2) is 0 Å². The average molecular weight is 170 g/mol. The Hall–Kier alpha value is -0.660. The van der Waals surface area contributed by atoms with Gasteiger partial charge in [-0.25, -0.2) is 0 Å². The summed E-state index contributed by atoms with van der Waals surface area (Å²) in [5, 5.41) is 0. The molecule has 0 N–H and O–H groups in total. The lowest BCUT2D eigenvalue weighted by Gasteiger charge is -2.06. The van der Waals surface area contributed by atoms with E-state index in [0.717, 1.165) is 25.5 Å². The number of aldehydes is 1. The molecule has 0 aromatic carbocycles. The normalized spacial score (nSPS) is 12.5. The van der Waals surface area contributed by atoms with Crippen LogP contribution in [0.25, 0.3) is 0 Å². The van der Waals surface area contributed by atoms with Crippen molar-refractivity contribution in [2.45, 2.75) is 46.0 Å². The maximum Gasteiger partial charge on any atom is 0.133 e. The molecule has 0 rings (SSSR count). The van der Waals surface area contributed by atoms with Crippen LogP contribution in [0.3, 0.4) is 0 Å². The van der Waals surface area contributed by atoms with Gasteiger partial charge in [-0.1, -0.05) is 26.7 Å². The fourth-order valence-corrected chi connectivity index (χ4v) is 1.12. The molecular formula is C10H18O2. The van der Waals surface area contributed by atoms with Gasteiger partial charge in [0, 0.05) is 18.8 Å². The first-order valence-electron chi connectivity index (χ1n) is 4.71. The van der Waals surface area contributed by atoms with Crippen LogP contribution in [0.4, 0.5) is 0 Å². The third-order valence-electron chi connectivity index (χ3n) is 2.01. The molecule has 2 nitrogen and oxygen atoms in total. The molecule has 0 spiro atoms. The fourth-order valence-electron chi connectivity index (χ4n) is 1.12. The molecule has 0 heterocycles. The lowest BCUT2D eigenvalue weighted by molar-refractivity contribution is -0.122. The second kappa shape index (κ2) is 7.01. The number of carbonyl (C=O) groups is 2. The molecule has 0 aromatic heterocycles. The second-order valence-corrected chi connectivity index (χ2v) is 3.13. The molecule has 0 saturated carbocycles. The zero-order chi connectivity index (χ0) is 9.40. The Morgan fingerprint density at radius 2 is 2.08 bits per heavy atom. The lowest BCUT2D eigenvalue weighted by Crippen LogP contribution is -2.08. The van der Waals surface area contributed by atoms with Crippen LogP contribution in [0.2, 0.25) is 0 Å². The van der Waals surface area contributed by atoms with E-state index in [9.17, 15) is 9.59 Å². The molecular weight excluding hydrogens is 152 g/mol. The Morgan fingerprint density at radius 3 is 2.50 bits per heavy atom. The minimum atomic E-state index is -0.0302. The van der Waals surface area contributed by atoms with Crippen LogP contribution < -0.4 is 0 Å². The van der Waals surface area contributed by atoms with Crippen molar-refractivity contribution in [3.05, 3.63) is 0 Å². The van der Waals surface area contributed by atoms with Gasteiger partial charge in [-0.05, 0) is 6.42 Å². The number of unbranched alkanes of at least 4 members (excludes halogenated alkanes) is 1. The van der Waals surface area contributed by atoms with Crippen LogP contribution >= 0.6 is 0 Å². The highest BCUT2D eigenvalue weighted by Crippen LogP contribution is 2.11. The molecule has 0 aliphatic rings. The quantitative estimate of drug-likeness (QED) is 0.550. The highest BCUT2D eigenvalue weighted by Gasteiger charge is 2.10. The van der Waals surface area contributed by atoms with Gasteiger partial charge in [-0.2, -0.15) is 0 Å². The summed E-state index contributed by atoms with van der Waals surface area (Å²) in [6.45, 7) is 3.92. The third-order valence-corrected chi connectivity index (χ3v) is 2.01. The van der Waals surface area contributed by atoms with Gasteiger partial charge in [0.2, 0.25) is 0 Å². The molecule has 0 bridgehead atoms. The maximum absolute atomic E-state index is 11.0. The molecule has 0 aromatic rings. The van der Waals surface area contributed by atoms with Gasteiger partial charge in [0.25, 0.3) is 0 Å². The summed E-state index contributed by atoms with van der Waals surface area (Å²) in [6.07, 6.45) is 4.91. The molecule has 0 aliphatic carbocycles. The van der Waals surface area contributed by atoms with Crippen LogP contribution in [-0.4, -0.2) is 12.1 Å². The van der Waals surface area contributed by atoms with Gasteiger partial charge in [-0.3, -0.25) is 4.79 Å². The van der Waals surface area contributed by atoms with E-state index in [1.165, 1.54) is 0 Å². The van der Waals surface area contributed by atoms with Gasteiger partial charge >= 0.3 is 0 Å². The van der Waals surface area contributed by atoms with Gasteiger partial charge in [0.15, 0.2) is 0 Å². The summed E-state index contributed by atoms with van der Waals surface area (Å²) in [5.74, 6) is 0.167. The van der Waals surface area contributed by atoms with Crippen molar-refractivity contribution < 1.29 is 9.59 Å². The minimum absolute atomic E-state index is 0.0302. The van der Waals surface area contributed by atoms with Gasteiger partial charge in [0.05, 0.1) is 0 Å². The topological polar surface area (TPSA) is 34.1 Å². The van der Waals surface area contributed by atoms with E-state index in [0.29, 0.717) is 12.8 Å². The Morgan fingerprint density at radius 1 is 1.42 bits per heavy atom. The number of rotatable bonds is 7. The van der Waals surface area contributed by atoms with E-state index < -0.39 is 0 Å². The molecule has 1 atom stereocenters. The maximum atomic E-state index is 11.0. The second-order valence-electron chi connectivity index (χ2n) is 3.13. The van der Waals surface area contributed by atoms with E-state index in [2.05, 4.69) is 6.92 Å². The van der Waals surface area contributed by atoms with Gasteiger partial charge in [-0.15, -0.1) is 0 Å². The van der Waals surface area contributed by atoms with E-state index in [1.807, 2.05) is 6.92 Å². The van der Waals surface area contributed by atoms with E-state index in [1.54, 1.807) is 0 Å². The number of hydrogen-bond donors (Lipinski definition) is 0. The zero-order valence-corrected chi connectivity index (χ0v) is 8.01. The molecule has 70 valence electrons. The zero-order valence-electron chi connectivity index (χ0n) is 8.01. The highest BCUT2D eigenvalue weighted by atomic mass is 16.1. The molecule has 2 heteroatoms. The third kappa shape index (κ3) is 5.05. The molecule has 0 fully saturated rings. The largest absolute Gasteiger partial charge is 0.303 e. The lowest BCUT2D eigenvalue weighted by atomic mass is 9.97. The van der Waals surface area contributed by atoms with Crippen molar-refractivity contribution in [1.82, 2.24) is 0 Å². The summed E-state index contributed by atoms with van der Waals surface area (Å²) in [4.78, 5) is 21.5. The van der Waals surface area contributed by atoms with Gasteiger partial charge < -0.3 is 4.79 Å². The first-order chi connectivity index (χ1) is 5.74. The van der Waals surface area contributed by atoms with E-state index in [-0.39, 0.29) is 11.7 Å². The van der Waals surface area contributed by atoms with Crippen LogP contribution in [0.5, 0.6) is 0 Å². The minimum Gasteiger partial charge on any atom is -0.303 e. The summed E-state index contributed by atoms with van der Waals surface area (Å²) in [7, 11) is 0. The Kier molecular flexibility index (Phi) is 6.63. The number of Topliss-reactive ketones (excluding diaryl/α,β-unsaturated/α-hetero) is 1. The summed E-state index contributed by atoms with van der Waals surface area (Å²) in [6, 6.07) is 0. The van der Waals surface area contributed by atoms with Gasteiger partial charge in [0.1, 0.15) is 12.1 Å². The summed E-state index contributed by atoms with van der Waals surface area (Å²) < 4.78 is 0. The summed E-state index contributed by atoms with van der Waals surface area (Å²) in [5.41, 5.74) is 0. The fraction of sp³-hybridized carbons (Fsp3) is 0.800. The Bertz CT molecular complexity index is 141. The summed E-state index contributed by atoms with van der Waals surface area (Å²) >= 11 is 0. The predicted molar refractivity (Wildman–Crippen MR) is 49.0 cm³/mol. The molecule has 0 radical (unpaired) electrons. The smallest absolute Gasteiger partial charge is 0.133 e. The first-order valence-corrected chi connectivity index (χ1v) is 4.71. The van der Waals surface area contributed by atoms with E-state index >= 15 is 0 Å². The number of carbonyl (C=O) groups excluding carboxylic acids is 2. The highest BCUT2D eigenvalue weighted by molar-refractivity contribution is 5.80. The SMILES string of the molecule is CCCCC(C=O)CC(=O)CC. The Labute approximate surface area is 74.3 Å². The van der Waals surface area contributed by atoms with Crippen molar-refractivity contribution in [3.8, 4) is 0 Å². The Balaban J connectivity index is 3.66. The van der Waals surface area contributed by atoms with Crippen molar-refractivity contribution in [3.63, 3.8) is 0 Å². The van der Waals surface area contributed by atoms with E-state index in [4.69, 9.17) is 0 Å². The molecule has 0 saturated heterocycles. The van der Waals surface area contributed by atoms with Crippen molar-refractivity contribution in [2.24, 2.45) is 5.92 Å². The molecule has 0 amide bonds. The standard InChI is InChI=1S/C10H18O2/c1-3-5-6-9(8-11)7-10(12)4-2/h8-9H,3-7H2,1-2H3. The van der Waals surface area contributed by atoms with Crippen LogP contribution in [0.1, 0.15) is 46.0 Å². The van der Waals surface area contributed by atoms with Crippen LogP contribution in [0, 0.1) is 5.92 Å².